The van der Waals surface area contributed by atoms with E-state index in [1.54, 1.807) is 30.9 Å². The van der Waals surface area contributed by atoms with E-state index in [0.717, 1.165) is 18.5 Å². The zero-order valence-corrected chi connectivity index (χ0v) is 12.7. The molecule has 19 heavy (non-hydrogen) atoms. The average Bonchev–Trinajstić information content (AvgIpc) is 2.81. The van der Waals surface area contributed by atoms with Crippen LogP contribution in [0.2, 0.25) is 0 Å². The van der Waals surface area contributed by atoms with Crippen molar-refractivity contribution in [1.82, 2.24) is 8.87 Å². The molecule has 1 aliphatic rings. The Morgan fingerprint density at radius 3 is 2.63 bits per heavy atom. The normalized spacial score (nSPS) is 18.1. The molecule has 1 aliphatic heterocycles. The maximum absolute atomic E-state index is 12.5. The van der Waals surface area contributed by atoms with Crippen molar-refractivity contribution in [3.63, 3.8) is 0 Å². The van der Waals surface area contributed by atoms with Crippen LogP contribution in [0.15, 0.2) is 17.2 Å². The Balaban J connectivity index is 2.24. The van der Waals surface area contributed by atoms with Gasteiger partial charge < -0.3 is 9.30 Å². The van der Waals surface area contributed by atoms with E-state index < -0.39 is 10.0 Å². The molecule has 5 nitrogen and oxygen atoms in total. The summed E-state index contributed by atoms with van der Waals surface area (Å²) in [6.45, 7) is 1.23. The predicted molar refractivity (Wildman–Crippen MR) is 73.8 cm³/mol. The van der Waals surface area contributed by atoms with E-state index in [9.17, 15) is 8.42 Å². The lowest BCUT2D eigenvalue weighted by Crippen LogP contribution is -2.40. The molecule has 1 aromatic heterocycles. The fraction of sp³-hybridized carbons (Fsp3) is 0.667. The summed E-state index contributed by atoms with van der Waals surface area (Å²) in [4.78, 5) is 0.305. The Bertz CT molecular complexity index is 535. The number of aryl methyl sites for hydroxylation is 1. The highest BCUT2D eigenvalue weighted by molar-refractivity contribution is 7.89. The quantitative estimate of drug-likeness (QED) is 0.793. The van der Waals surface area contributed by atoms with Crippen molar-refractivity contribution in [2.45, 2.75) is 29.7 Å². The number of ether oxygens (including phenoxy) is 1. The molecule has 1 fully saturated rings. The summed E-state index contributed by atoms with van der Waals surface area (Å²) in [5.74, 6) is 0.299. The number of halogens is 1. The van der Waals surface area contributed by atoms with Gasteiger partial charge in [0.15, 0.2) is 0 Å². The molecule has 1 saturated heterocycles. The number of nitrogens with zero attached hydrogens (tertiary/aromatic N) is 2. The highest BCUT2D eigenvalue weighted by atomic mass is 35.5. The van der Waals surface area contributed by atoms with Crippen LogP contribution in [0.3, 0.4) is 0 Å². The third-order valence-corrected chi connectivity index (χ3v) is 5.75. The zero-order chi connectivity index (χ0) is 14.0. The van der Waals surface area contributed by atoms with Gasteiger partial charge in [-0.05, 0) is 18.9 Å². The number of rotatable bonds is 4. The van der Waals surface area contributed by atoms with E-state index in [0.29, 0.717) is 24.0 Å². The van der Waals surface area contributed by atoms with Gasteiger partial charge in [0.2, 0.25) is 10.0 Å². The van der Waals surface area contributed by atoms with Gasteiger partial charge in [0.1, 0.15) is 4.90 Å². The number of hydrogen-bond acceptors (Lipinski definition) is 3. The molecule has 0 aliphatic carbocycles. The van der Waals surface area contributed by atoms with E-state index in [-0.39, 0.29) is 6.04 Å². The first-order valence-electron chi connectivity index (χ1n) is 6.24. The molecule has 0 saturated carbocycles. The molecule has 2 rings (SSSR count). The van der Waals surface area contributed by atoms with Crippen LogP contribution in [0.1, 0.15) is 18.5 Å². The summed E-state index contributed by atoms with van der Waals surface area (Å²) in [5.41, 5.74) is 0.792. The van der Waals surface area contributed by atoms with Gasteiger partial charge in [-0.2, -0.15) is 4.31 Å². The summed E-state index contributed by atoms with van der Waals surface area (Å²) in [7, 11) is -0.0177. The Morgan fingerprint density at radius 1 is 1.47 bits per heavy atom. The van der Waals surface area contributed by atoms with E-state index >= 15 is 0 Å². The molecular formula is C12H19ClN2O3S. The number of aromatic nitrogens is 1. The maximum Gasteiger partial charge on any atom is 0.244 e. The number of sulfonamides is 1. The first kappa shape index (κ1) is 14.8. The summed E-state index contributed by atoms with van der Waals surface area (Å²) < 4.78 is 33.6. The van der Waals surface area contributed by atoms with Gasteiger partial charge in [-0.25, -0.2) is 8.42 Å². The van der Waals surface area contributed by atoms with Crippen molar-refractivity contribution < 1.29 is 13.2 Å². The highest BCUT2D eigenvalue weighted by Gasteiger charge is 2.30. The van der Waals surface area contributed by atoms with E-state index in [2.05, 4.69) is 0 Å². The van der Waals surface area contributed by atoms with E-state index in [1.807, 2.05) is 0 Å². The standard InChI is InChI=1S/C12H19ClN2O3S/c1-14-9-12(7-11(14)8-13)19(16,17)15(2)10-3-5-18-6-4-10/h7,9-10H,3-6,8H2,1-2H3. The molecule has 0 atom stereocenters. The predicted octanol–water partition coefficient (Wildman–Crippen LogP) is 1.56. The van der Waals surface area contributed by atoms with Gasteiger partial charge in [0.05, 0.1) is 5.88 Å². The number of hydrogen-bond donors (Lipinski definition) is 0. The first-order chi connectivity index (χ1) is 8.96. The molecule has 0 aromatic carbocycles. The van der Waals surface area contributed by atoms with E-state index in [4.69, 9.17) is 16.3 Å². The lowest BCUT2D eigenvalue weighted by Gasteiger charge is -2.30. The highest BCUT2D eigenvalue weighted by Crippen LogP contribution is 2.23. The van der Waals surface area contributed by atoms with Crippen LogP contribution in [-0.4, -0.2) is 43.6 Å². The van der Waals surface area contributed by atoms with Crippen LogP contribution < -0.4 is 0 Å². The van der Waals surface area contributed by atoms with Crippen molar-refractivity contribution in [3.8, 4) is 0 Å². The minimum Gasteiger partial charge on any atom is -0.381 e. The van der Waals surface area contributed by atoms with Gasteiger partial charge in [-0.15, -0.1) is 11.6 Å². The fourth-order valence-corrected chi connectivity index (χ4v) is 4.04. The molecule has 1 aromatic rings. The van der Waals surface area contributed by atoms with Gasteiger partial charge in [-0.1, -0.05) is 0 Å². The van der Waals surface area contributed by atoms with Gasteiger partial charge in [-0.3, -0.25) is 0 Å². The van der Waals surface area contributed by atoms with Crippen molar-refractivity contribution in [3.05, 3.63) is 18.0 Å². The fourth-order valence-electron chi connectivity index (χ4n) is 2.26. The third kappa shape index (κ3) is 2.97. The summed E-state index contributed by atoms with van der Waals surface area (Å²) in [6, 6.07) is 1.65. The summed E-state index contributed by atoms with van der Waals surface area (Å²) in [6.07, 6.45) is 3.10. The molecule has 2 heterocycles. The molecule has 0 amide bonds. The molecule has 0 spiro atoms. The van der Waals surface area contributed by atoms with Gasteiger partial charge in [0.25, 0.3) is 0 Å². The molecule has 7 heteroatoms. The van der Waals surface area contributed by atoms with Crippen LogP contribution in [-0.2, 0) is 27.7 Å². The number of alkyl halides is 1. The average molecular weight is 307 g/mol. The van der Waals surface area contributed by atoms with Crippen molar-refractivity contribution in [1.29, 1.82) is 0 Å². The van der Waals surface area contributed by atoms with Crippen molar-refractivity contribution in [2.24, 2.45) is 7.05 Å². The van der Waals surface area contributed by atoms with Gasteiger partial charge in [0, 0.05) is 45.2 Å². The van der Waals surface area contributed by atoms with Crippen LogP contribution in [0.25, 0.3) is 0 Å². The lowest BCUT2D eigenvalue weighted by atomic mass is 10.1. The van der Waals surface area contributed by atoms with Crippen LogP contribution in [0.4, 0.5) is 0 Å². The summed E-state index contributed by atoms with van der Waals surface area (Å²) in [5, 5.41) is 0. The van der Waals surface area contributed by atoms with Crippen molar-refractivity contribution in [2.75, 3.05) is 20.3 Å². The molecule has 108 valence electrons. The molecular weight excluding hydrogens is 288 g/mol. The largest absolute Gasteiger partial charge is 0.381 e. The SMILES string of the molecule is CN(C1CCOCC1)S(=O)(=O)c1cc(CCl)n(C)c1. The van der Waals surface area contributed by atoms with Crippen LogP contribution in [0, 0.1) is 0 Å². The van der Waals surface area contributed by atoms with Crippen LogP contribution in [0.5, 0.6) is 0 Å². The second-order valence-electron chi connectivity index (χ2n) is 4.78. The minimum absolute atomic E-state index is 0.0124. The second kappa shape index (κ2) is 5.83. The maximum atomic E-state index is 12.5. The minimum atomic E-state index is -3.45. The molecule has 0 N–H and O–H groups in total. The van der Waals surface area contributed by atoms with Crippen LogP contribution >= 0.6 is 11.6 Å². The Morgan fingerprint density at radius 2 is 2.11 bits per heavy atom. The Kier molecular flexibility index (Phi) is 4.55. The van der Waals surface area contributed by atoms with Crippen molar-refractivity contribution >= 4 is 21.6 Å². The molecule has 0 radical (unpaired) electrons. The smallest absolute Gasteiger partial charge is 0.244 e. The Hall–Kier alpha value is -0.560. The van der Waals surface area contributed by atoms with Gasteiger partial charge >= 0.3 is 0 Å². The van der Waals surface area contributed by atoms with E-state index in [1.165, 1.54) is 4.31 Å². The Labute approximate surface area is 119 Å². The third-order valence-electron chi connectivity index (χ3n) is 3.60. The summed E-state index contributed by atoms with van der Waals surface area (Å²) >= 11 is 5.78. The topological polar surface area (TPSA) is 51.5 Å². The molecule has 0 bridgehead atoms. The lowest BCUT2D eigenvalue weighted by molar-refractivity contribution is 0.0632. The first-order valence-corrected chi connectivity index (χ1v) is 8.21. The molecule has 0 unspecified atom stereocenters. The monoisotopic (exact) mass is 306 g/mol. The second-order valence-corrected chi connectivity index (χ2v) is 7.04. The zero-order valence-electron chi connectivity index (χ0n) is 11.2.